The van der Waals surface area contributed by atoms with Gasteiger partial charge in [0.25, 0.3) is 0 Å². The Kier molecular flexibility index (Phi) is 9.39. The fourth-order valence-electron chi connectivity index (χ4n) is 6.09. The van der Waals surface area contributed by atoms with Crippen molar-refractivity contribution in [2.24, 2.45) is 11.8 Å². The summed E-state index contributed by atoms with van der Waals surface area (Å²) in [6.07, 6.45) is 14.9. The van der Waals surface area contributed by atoms with Gasteiger partial charge in [-0.2, -0.15) is 0 Å². The number of aryl methyl sites for hydroxylation is 4. The number of hydrogen-bond acceptors (Lipinski definition) is 2. The summed E-state index contributed by atoms with van der Waals surface area (Å²) in [7, 11) is 0. The van der Waals surface area contributed by atoms with Crippen LogP contribution in [-0.2, 0) is 35.2 Å². The van der Waals surface area contributed by atoms with Crippen molar-refractivity contribution < 1.29 is 9.47 Å². The summed E-state index contributed by atoms with van der Waals surface area (Å²) in [6, 6.07) is 25.4. The molecule has 1 unspecified atom stereocenters. The molecule has 0 amide bonds. The average molecular weight is 549 g/mol. The number of fused-ring (bicyclic) bond motifs is 2. The zero-order valence-corrected chi connectivity index (χ0v) is 25.3. The van der Waals surface area contributed by atoms with E-state index >= 15 is 0 Å². The summed E-state index contributed by atoms with van der Waals surface area (Å²) in [6.45, 7) is 6.94. The molecule has 4 aromatic rings. The van der Waals surface area contributed by atoms with Crippen LogP contribution in [0.3, 0.4) is 0 Å². The van der Waals surface area contributed by atoms with Crippen LogP contribution < -0.4 is 0 Å². The van der Waals surface area contributed by atoms with E-state index in [2.05, 4.69) is 80.6 Å². The molecule has 0 radical (unpaired) electrons. The molecule has 0 aromatic heterocycles. The summed E-state index contributed by atoms with van der Waals surface area (Å²) >= 11 is 0. The topological polar surface area (TPSA) is 21.8 Å². The van der Waals surface area contributed by atoms with Gasteiger partial charge in [-0.1, -0.05) is 92.4 Å². The minimum absolute atomic E-state index is 0.538. The maximum atomic E-state index is 5.48. The van der Waals surface area contributed by atoms with Gasteiger partial charge in [-0.05, 0) is 120 Å². The monoisotopic (exact) mass is 548 g/mol. The maximum absolute atomic E-state index is 5.48. The third-order valence-corrected chi connectivity index (χ3v) is 9.39. The van der Waals surface area contributed by atoms with Crippen LogP contribution in [0.1, 0.15) is 79.7 Å². The molecule has 1 saturated heterocycles. The van der Waals surface area contributed by atoms with Crippen LogP contribution in [0, 0.1) is 18.8 Å². The quantitative estimate of drug-likeness (QED) is 0.123. The van der Waals surface area contributed by atoms with E-state index in [1.807, 2.05) is 0 Å². The van der Waals surface area contributed by atoms with E-state index in [9.17, 15) is 0 Å². The maximum Gasteiger partial charge on any atom is 0.0813 e. The molecule has 1 heterocycles. The van der Waals surface area contributed by atoms with E-state index in [0.29, 0.717) is 6.10 Å². The lowest BCUT2D eigenvalue weighted by molar-refractivity contribution is 0.151. The molecular weight excluding hydrogens is 500 g/mol. The van der Waals surface area contributed by atoms with Crippen molar-refractivity contribution >= 4 is 21.5 Å². The number of benzene rings is 4. The molecule has 3 aliphatic rings. The van der Waals surface area contributed by atoms with Crippen LogP contribution in [0.2, 0.25) is 0 Å². The highest BCUT2D eigenvalue weighted by Crippen LogP contribution is 2.35. The lowest BCUT2D eigenvalue weighted by Crippen LogP contribution is -1.98. The van der Waals surface area contributed by atoms with Crippen LogP contribution in [0.5, 0.6) is 0 Å². The minimum Gasteiger partial charge on any atom is -0.381 e. The molecule has 2 heteroatoms. The second-order valence-corrected chi connectivity index (χ2v) is 12.8. The third kappa shape index (κ3) is 8.43. The summed E-state index contributed by atoms with van der Waals surface area (Å²) < 4.78 is 10.8. The molecule has 41 heavy (non-hydrogen) atoms. The van der Waals surface area contributed by atoms with Gasteiger partial charge in [0.05, 0.1) is 19.3 Å². The standard InChI is InChI=1S/C20H26O.C19H22O/c1-3-21-13-12-17-7-9-19-11-10-18(8-6-16-4-5-16)15(2)20(19)14-17;1-2-14(1)3-4-15-5-8-17-9-6-16(12-18(17)11-15)7-10-19-13-20-19/h7,9-11,14,16H,3-6,8,12-13H2,1-2H3;5-6,8-9,11-12,14,19H,1-4,7,10,13H2. The molecule has 216 valence electrons. The van der Waals surface area contributed by atoms with E-state index < -0.39 is 0 Å². The second-order valence-electron chi connectivity index (χ2n) is 12.8. The lowest BCUT2D eigenvalue weighted by Gasteiger charge is -2.11. The zero-order valence-electron chi connectivity index (χ0n) is 25.3. The van der Waals surface area contributed by atoms with Crippen molar-refractivity contribution in [3.63, 3.8) is 0 Å². The molecule has 0 spiro atoms. The minimum atomic E-state index is 0.538. The van der Waals surface area contributed by atoms with Gasteiger partial charge >= 0.3 is 0 Å². The van der Waals surface area contributed by atoms with E-state index in [0.717, 1.165) is 44.5 Å². The molecule has 4 aromatic carbocycles. The van der Waals surface area contributed by atoms with E-state index in [4.69, 9.17) is 9.47 Å². The first kappa shape index (κ1) is 28.4. The molecule has 0 bridgehead atoms. The number of rotatable bonds is 13. The van der Waals surface area contributed by atoms with Gasteiger partial charge in [-0.25, -0.2) is 0 Å². The highest BCUT2D eigenvalue weighted by Gasteiger charge is 2.22. The van der Waals surface area contributed by atoms with Gasteiger partial charge in [0.1, 0.15) is 0 Å². The Bertz CT molecular complexity index is 1390. The zero-order chi connectivity index (χ0) is 28.0. The van der Waals surface area contributed by atoms with Crippen molar-refractivity contribution in [3.05, 3.63) is 94.5 Å². The average Bonchev–Trinajstić information content (AvgIpc) is 3.85. The summed E-state index contributed by atoms with van der Waals surface area (Å²) in [5.74, 6) is 2.04. The Labute approximate surface area is 247 Å². The SMILES string of the molecule is CCOCCc1ccc2ccc(CCC3CC3)c(C)c2c1.c1cc2ccc(CCC3CO3)cc2cc1CCC1CC1. The van der Waals surface area contributed by atoms with Crippen LogP contribution in [0.4, 0.5) is 0 Å². The Morgan fingerprint density at radius 3 is 1.88 bits per heavy atom. The van der Waals surface area contributed by atoms with Gasteiger partial charge < -0.3 is 9.47 Å². The van der Waals surface area contributed by atoms with Crippen LogP contribution in [-0.4, -0.2) is 25.9 Å². The number of epoxide rings is 1. The summed E-state index contributed by atoms with van der Waals surface area (Å²) in [4.78, 5) is 0. The van der Waals surface area contributed by atoms with Crippen molar-refractivity contribution in [2.75, 3.05) is 19.8 Å². The van der Waals surface area contributed by atoms with Crippen molar-refractivity contribution in [3.8, 4) is 0 Å². The van der Waals surface area contributed by atoms with Gasteiger partial charge in [-0.15, -0.1) is 0 Å². The Hall–Kier alpha value is -2.68. The third-order valence-electron chi connectivity index (χ3n) is 9.39. The predicted octanol–water partition coefficient (Wildman–Crippen LogP) is 9.58. The normalized spacial score (nSPS) is 18.0. The molecule has 2 aliphatic carbocycles. The van der Waals surface area contributed by atoms with E-state index in [1.165, 1.54) is 107 Å². The molecule has 3 fully saturated rings. The van der Waals surface area contributed by atoms with Crippen molar-refractivity contribution in [1.29, 1.82) is 0 Å². The molecule has 1 aliphatic heterocycles. The van der Waals surface area contributed by atoms with Gasteiger partial charge in [0, 0.05) is 6.61 Å². The van der Waals surface area contributed by atoms with Crippen LogP contribution >= 0.6 is 0 Å². The number of ether oxygens (including phenoxy) is 2. The number of hydrogen-bond donors (Lipinski definition) is 0. The summed E-state index contributed by atoms with van der Waals surface area (Å²) in [5.41, 5.74) is 7.36. The highest BCUT2D eigenvalue weighted by molar-refractivity contribution is 5.87. The first-order valence-corrected chi connectivity index (χ1v) is 16.4. The Morgan fingerprint density at radius 1 is 0.659 bits per heavy atom. The van der Waals surface area contributed by atoms with E-state index in [1.54, 1.807) is 0 Å². The van der Waals surface area contributed by atoms with Crippen LogP contribution in [0.15, 0.2) is 66.7 Å². The highest BCUT2D eigenvalue weighted by atomic mass is 16.6. The molecule has 1 atom stereocenters. The fourth-order valence-corrected chi connectivity index (χ4v) is 6.09. The Morgan fingerprint density at radius 2 is 1.24 bits per heavy atom. The molecule has 2 saturated carbocycles. The largest absolute Gasteiger partial charge is 0.381 e. The van der Waals surface area contributed by atoms with Crippen molar-refractivity contribution in [2.45, 2.75) is 90.6 Å². The smallest absolute Gasteiger partial charge is 0.0813 e. The van der Waals surface area contributed by atoms with E-state index in [-0.39, 0.29) is 0 Å². The predicted molar refractivity (Wildman–Crippen MR) is 173 cm³/mol. The first-order valence-electron chi connectivity index (χ1n) is 16.4. The Balaban J connectivity index is 0.000000148. The first-order chi connectivity index (χ1) is 20.1. The van der Waals surface area contributed by atoms with Crippen molar-refractivity contribution in [1.82, 2.24) is 0 Å². The second kappa shape index (κ2) is 13.5. The molecular formula is C39H48O2. The van der Waals surface area contributed by atoms with Gasteiger partial charge in [0.2, 0.25) is 0 Å². The molecule has 2 nitrogen and oxygen atoms in total. The molecule has 7 rings (SSSR count). The van der Waals surface area contributed by atoms with Gasteiger partial charge in [0.15, 0.2) is 0 Å². The lowest BCUT2D eigenvalue weighted by atomic mass is 9.95. The van der Waals surface area contributed by atoms with Crippen LogP contribution in [0.25, 0.3) is 21.5 Å². The fraction of sp³-hybridized carbons (Fsp3) is 0.487. The summed E-state index contributed by atoms with van der Waals surface area (Å²) in [5, 5.41) is 5.57. The van der Waals surface area contributed by atoms with Gasteiger partial charge in [-0.3, -0.25) is 0 Å². The molecule has 0 N–H and O–H groups in total.